The molecule has 3 heterocycles. The van der Waals surface area contributed by atoms with Crippen molar-refractivity contribution >= 4 is 0 Å². The fraction of sp³-hybridized carbons (Fsp3) is 0.500. The van der Waals surface area contributed by atoms with Crippen molar-refractivity contribution in [2.45, 2.75) is 25.2 Å². The van der Waals surface area contributed by atoms with E-state index < -0.39 is 0 Å². The molecule has 1 saturated heterocycles. The number of aryl methyl sites for hydroxylation is 1. The van der Waals surface area contributed by atoms with E-state index in [0.29, 0.717) is 5.92 Å². The van der Waals surface area contributed by atoms with E-state index >= 15 is 0 Å². The lowest BCUT2D eigenvalue weighted by atomic mass is 9.93. The highest BCUT2D eigenvalue weighted by molar-refractivity contribution is 5.11. The second-order valence-electron chi connectivity index (χ2n) is 5.60. The molecule has 2 aromatic heterocycles. The van der Waals surface area contributed by atoms with Gasteiger partial charge in [-0.15, -0.1) is 0 Å². The van der Waals surface area contributed by atoms with E-state index in [4.69, 9.17) is 0 Å². The van der Waals surface area contributed by atoms with Gasteiger partial charge in [0.05, 0.1) is 0 Å². The predicted octanol–water partition coefficient (Wildman–Crippen LogP) is 2.24. The average Bonchev–Trinajstić information content (AvgIpc) is 2.93. The minimum atomic E-state index is 0.680. The highest BCUT2D eigenvalue weighted by Crippen LogP contribution is 2.27. The molecule has 0 saturated carbocycles. The highest BCUT2D eigenvalue weighted by atomic mass is 15.3. The summed E-state index contributed by atoms with van der Waals surface area (Å²) in [7, 11) is 2.05. The molecule has 0 unspecified atom stereocenters. The average molecular weight is 270 g/mol. The normalized spacial score (nSPS) is 17.4. The highest BCUT2D eigenvalue weighted by Gasteiger charge is 2.22. The Hall–Kier alpha value is -1.68. The van der Waals surface area contributed by atoms with Gasteiger partial charge in [-0.3, -0.25) is 9.67 Å². The predicted molar refractivity (Wildman–Crippen MR) is 79.6 cm³/mol. The number of hydrogen-bond acceptors (Lipinski definition) is 3. The smallest absolute Gasteiger partial charge is 0.0492 e. The maximum Gasteiger partial charge on any atom is 0.0492 e. The lowest BCUT2D eigenvalue weighted by molar-refractivity contribution is 0.211. The Morgan fingerprint density at radius 1 is 1.10 bits per heavy atom. The van der Waals surface area contributed by atoms with E-state index in [-0.39, 0.29) is 0 Å². The van der Waals surface area contributed by atoms with E-state index in [0.717, 1.165) is 13.0 Å². The second-order valence-corrected chi connectivity index (χ2v) is 5.60. The maximum absolute atomic E-state index is 4.28. The molecule has 0 atom stereocenters. The Kier molecular flexibility index (Phi) is 4.11. The summed E-state index contributed by atoms with van der Waals surface area (Å²) < 4.78 is 2.03. The molecule has 0 amide bonds. The first kappa shape index (κ1) is 13.3. The molecule has 1 aliphatic heterocycles. The summed E-state index contributed by atoms with van der Waals surface area (Å²) >= 11 is 0. The zero-order valence-corrected chi connectivity index (χ0v) is 12.1. The van der Waals surface area contributed by atoms with Crippen LogP contribution in [0, 0.1) is 0 Å². The summed E-state index contributed by atoms with van der Waals surface area (Å²) in [5.41, 5.74) is 2.77. The third-order valence-electron chi connectivity index (χ3n) is 4.33. The van der Waals surface area contributed by atoms with E-state index in [2.05, 4.69) is 33.2 Å². The van der Waals surface area contributed by atoms with Crippen molar-refractivity contribution < 1.29 is 0 Å². The molecule has 0 spiro atoms. The zero-order valence-electron chi connectivity index (χ0n) is 12.1. The van der Waals surface area contributed by atoms with Crippen molar-refractivity contribution in [2.75, 3.05) is 19.6 Å². The van der Waals surface area contributed by atoms with Gasteiger partial charge in [-0.05, 0) is 56.1 Å². The summed E-state index contributed by atoms with van der Waals surface area (Å²) in [5, 5.41) is 4.28. The molecule has 4 nitrogen and oxygen atoms in total. The first-order valence-corrected chi connectivity index (χ1v) is 7.42. The van der Waals surface area contributed by atoms with E-state index in [1.807, 2.05) is 30.3 Å². The summed E-state index contributed by atoms with van der Waals surface area (Å²) in [6, 6.07) is 6.39. The van der Waals surface area contributed by atoms with Crippen LogP contribution in [0.15, 0.2) is 36.8 Å². The summed E-state index contributed by atoms with van der Waals surface area (Å²) in [4.78, 5) is 6.64. The van der Waals surface area contributed by atoms with Gasteiger partial charge in [-0.1, -0.05) is 0 Å². The standard InChI is InChI=1S/C16H22N4/c1-19-16(4-10-18-19)15-6-12-20(13-7-15)11-5-14-2-8-17-9-3-14/h2-4,8-10,15H,5-7,11-13H2,1H3. The first-order chi connectivity index (χ1) is 9.83. The van der Waals surface area contributed by atoms with Gasteiger partial charge in [-0.25, -0.2) is 0 Å². The van der Waals surface area contributed by atoms with Gasteiger partial charge in [0.15, 0.2) is 0 Å². The van der Waals surface area contributed by atoms with Crippen LogP contribution in [0.5, 0.6) is 0 Å². The molecule has 3 rings (SSSR count). The van der Waals surface area contributed by atoms with Gasteiger partial charge >= 0.3 is 0 Å². The van der Waals surface area contributed by atoms with Crippen molar-refractivity contribution in [2.24, 2.45) is 7.05 Å². The first-order valence-electron chi connectivity index (χ1n) is 7.42. The summed E-state index contributed by atoms with van der Waals surface area (Å²) in [6.07, 6.45) is 9.28. The number of pyridine rings is 1. The molecule has 0 radical (unpaired) electrons. The number of hydrogen-bond donors (Lipinski definition) is 0. The Morgan fingerprint density at radius 2 is 1.85 bits per heavy atom. The van der Waals surface area contributed by atoms with Crippen LogP contribution >= 0.6 is 0 Å². The monoisotopic (exact) mass is 270 g/mol. The lowest BCUT2D eigenvalue weighted by Gasteiger charge is -2.32. The molecule has 0 N–H and O–H groups in total. The molecular weight excluding hydrogens is 248 g/mol. The Labute approximate surface area is 120 Å². The van der Waals surface area contributed by atoms with Crippen molar-refractivity contribution in [3.05, 3.63) is 48.0 Å². The Morgan fingerprint density at radius 3 is 2.50 bits per heavy atom. The van der Waals surface area contributed by atoms with Crippen molar-refractivity contribution in [3.63, 3.8) is 0 Å². The number of aromatic nitrogens is 3. The Bertz CT molecular complexity index is 526. The van der Waals surface area contributed by atoms with Crippen molar-refractivity contribution in [1.29, 1.82) is 0 Å². The molecule has 1 aliphatic rings. The van der Waals surface area contributed by atoms with Crippen molar-refractivity contribution in [3.8, 4) is 0 Å². The number of nitrogens with zero attached hydrogens (tertiary/aromatic N) is 4. The second kappa shape index (κ2) is 6.18. The maximum atomic E-state index is 4.28. The van der Waals surface area contributed by atoms with Gasteiger partial charge in [0.25, 0.3) is 0 Å². The Balaban J connectivity index is 1.48. The topological polar surface area (TPSA) is 34.0 Å². The molecule has 0 aliphatic carbocycles. The van der Waals surface area contributed by atoms with E-state index in [1.165, 1.54) is 37.2 Å². The van der Waals surface area contributed by atoms with Crippen LogP contribution in [0.3, 0.4) is 0 Å². The minimum absolute atomic E-state index is 0.680. The van der Waals surface area contributed by atoms with Crippen LogP contribution in [0.1, 0.15) is 30.0 Å². The largest absolute Gasteiger partial charge is 0.303 e. The van der Waals surface area contributed by atoms with Crippen LogP contribution in [0.2, 0.25) is 0 Å². The van der Waals surface area contributed by atoms with Gasteiger partial charge in [0.2, 0.25) is 0 Å². The van der Waals surface area contributed by atoms with Crippen LogP contribution in [-0.4, -0.2) is 39.3 Å². The molecule has 20 heavy (non-hydrogen) atoms. The molecule has 2 aromatic rings. The summed E-state index contributed by atoms with van der Waals surface area (Å²) in [6.45, 7) is 3.55. The van der Waals surface area contributed by atoms with Crippen LogP contribution in [0.4, 0.5) is 0 Å². The van der Waals surface area contributed by atoms with Crippen molar-refractivity contribution in [1.82, 2.24) is 19.7 Å². The minimum Gasteiger partial charge on any atom is -0.303 e. The van der Waals surface area contributed by atoms with Gasteiger partial charge in [0, 0.05) is 43.8 Å². The zero-order chi connectivity index (χ0) is 13.8. The van der Waals surface area contributed by atoms with Crippen LogP contribution in [0.25, 0.3) is 0 Å². The van der Waals surface area contributed by atoms with Gasteiger partial charge in [-0.2, -0.15) is 5.10 Å². The van der Waals surface area contributed by atoms with Crippen LogP contribution < -0.4 is 0 Å². The third kappa shape index (κ3) is 3.07. The van der Waals surface area contributed by atoms with Crippen LogP contribution in [-0.2, 0) is 13.5 Å². The molecular formula is C16H22N4. The number of piperidine rings is 1. The van der Waals surface area contributed by atoms with Gasteiger partial charge in [0.1, 0.15) is 0 Å². The molecule has 0 bridgehead atoms. The summed E-state index contributed by atoms with van der Waals surface area (Å²) in [5.74, 6) is 0.680. The SMILES string of the molecule is Cn1nccc1C1CCN(CCc2ccncc2)CC1. The fourth-order valence-corrected chi connectivity index (χ4v) is 3.07. The molecule has 1 fully saturated rings. The fourth-order valence-electron chi connectivity index (χ4n) is 3.07. The molecule has 106 valence electrons. The molecule has 4 heteroatoms. The molecule has 0 aromatic carbocycles. The third-order valence-corrected chi connectivity index (χ3v) is 4.33. The van der Waals surface area contributed by atoms with E-state index in [1.54, 1.807) is 0 Å². The lowest BCUT2D eigenvalue weighted by Crippen LogP contribution is -2.34. The van der Waals surface area contributed by atoms with Gasteiger partial charge < -0.3 is 4.90 Å². The van der Waals surface area contributed by atoms with E-state index in [9.17, 15) is 0 Å². The quantitative estimate of drug-likeness (QED) is 0.854. The number of likely N-dealkylation sites (tertiary alicyclic amines) is 1. The number of rotatable bonds is 4.